The van der Waals surface area contributed by atoms with Crippen LogP contribution in [0, 0.1) is 0 Å². The molecule has 0 radical (unpaired) electrons. The molecule has 0 unspecified atom stereocenters. The van der Waals surface area contributed by atoms with Gasteiger partial charge in [0.15, 0.2) is 0 Å². The van der Waals surface area contributed by atoms with Gasteiger partial charge in [-0.2, -0.15) is 4.31 Å². The lowest BCUT2D eigenvalue weighted by molar-refractivity contribution is -0.121. The first kappa shape index (κ1) is 24.7. The molecule has 2 aromatic carbocycles. The van der Waals surface area contributed by atoms with Gasteiger partial charge >= 0.3 is 0 Å². The van der Waals surface area contributed by atoms with E-state index in [4.69, 9.17) is 11.6 Å². The minimum Gasteiger partial charge on any atom is -0.355 e. The zero-order chi connectivity index (χ0) is 23.0. The Bertz CT molecular complexity index is 962. The van der Waals surface area contributed by atoms with Crippen LogP contribution in [0.4, 0.5) is 0 Å². The first-order chi connectivity index (χ1) is 15.3. The summed E-state index contributed by atoms with van der Waals surface area (Å²) < 4.78 is 26.2. The van der Waals surface area contributed by atoms with E-state index in [0.29, 0.717) is 11.6 Å². The molecule has 0 saturated carbocycles. The Hall–Kier alpha value is -1.97. The third kappa shape index (κ3) is 7.28. The summed E-state index contributed by atoms with van der Waals surface area (Å²) in [5.41, 5.74) is 1.34. The van der Waals surface area contributed by atoms with E-state index < -0.39 is 10.0 Å². The maximum absolute atomic E-state index is 12.5. The van der Waals surface area contributed by atoms with Gasteiger partial charge in [0.2, 0.25) is 15.9 Å². The summed E-state index contributed by atoms with van der Waals surface area (Å²) in [6.07, 6.45) is 0.831. The van der Waals surface area contributed by atoms with Crippen molar-refractivity contribution in [3.05, 3.63) is 65.2 Å². The van der Waals surface area contributed by atoms with Crippen LogP contribution in [-0.4, -0.2) is 81.3 Å². The Morgan fingerprint density at radius 1 is 1.00 bits per heavy atom. The zero-order valence-corrected chi connectivity index (χ0v) is 20.0. The molecule has 0 spiro atoms. The SMILES string of the molecule is CN(CC(=O)NCCCN1CCN(Cc2ccccc2)CC1)S(=O)(=O)c1ccc(Cl)cc1. The van der Waals surface area contributed by atoms with Crippen LogP contribution in [0.25, 0.3) is 0 Å². The summed E-state index contributed by atoms with van der Waals surface area (Å²) in [6, 6.07) is 16.4. The normalized spacial score (nSPS) is 15.7. The van der Waals surface area contributed by atoms with Crippen LogP contribution in [0.2, 0.25) is 5.02 Å². The maximum Gasteiger partial charge on any atom is 0.243 e. The number of hydrogen-bond acceptors (Lipinski definition) is 5. The molecule has 1 aliphatic heterocycles. The Labute approximate surface area is 196 Å². The molecule has 174 valence electrons. The maximum atomic E-state index is 12.5. The smallest absolute Gasteiger partial charge is 0.243 e. The molecule has 9 heteroatoms. The minimum atomic E-state index is -3.73. The third-order valence-electron chi connectivity index (χ3n) is 5.58. The standard InChI is InChI=1S/C23H31ClN4O3S/c1-26(32(30,31)22-10-8-21(24)9-11-22)19-23(29)25-12-5-13-27-14-16-28(17-15-27)18-20-6-3-2-4-7-20/h2-4,6-11H,5,12-19H2,1H3,(H,25,29). The second-order valence-corrected chi connectivity index (χ2v) is 10.5. The Balaban J connectivity index is 1.32. The average Bonchev–Trinajstić information content (AvgIpc) is 2.79. The molecule has 0 aliphatic carbocycles. The molecule has 1 fully saturated rings. The van der Waals surface area contributed by atoms with Crippen LogP contribution >= 0.6 is 11.6 Å². The van der Waals surface area contributed by atoms with Gasteiger partial charge in [-0.1, -0.05) is 41.9 Å². The number of nitrogens with zero attached hydrogens (tertiary/aromatic N) is 3. The van der Waals surface area contributed by atoms with Crippen LogP contribution in [-0.2, 0) is 21.4 Å². The number of sulfonamides is 1. The van der Waals surface area contributed by atoms with Crippen LogP contribution < -0.4 is 5.32 Å². The molecule has 1 heterocycles. The number of carbonyl (C=O) groups excluding carboxylic acids is 1. The van der Waals surface area contributed by atoms with Crippen LogP contribution in [0.3, 0.4) is 0 Å². The summed E-state index contributed by atoms with van der Waals surface area (Å²) in [7, 11) is -2.32. The van der Waals surface area contributed by atoms with Crippen molar-refractivity contribution in [2.24, 2.45) is 0 Å². The fourth-order valence-corrected chi connectivity index (χ4v) is 4.93. The predicted molar refractivity (Wildman–Crippen MR) is 127 cm³/mol. The van der Waals surface area contributed by atoms with E-state index in [1.54, 1.807) is 0 Å². The average molecular weight is 479 g/mol. The summed E-state index contributed by atoms with van der Waals surface area (Å²) in [5, 5.41) is 3.28. The second kappa shape index (κ2) is 11.8. The lowest BCUT2D eigenvalue weighted by atomic mass is 10.2. The van der Waals surface area contributed by atoms with Crippen molar-refractivity contribution < 1.29 is 13.2 Å². The number of carbonyl (C=O) groups is 1. The first-order valence-corrected chi connectivity index (χ1v) is 12.6. The molecule has 0 bridgehead atoms. The van der Waals surface area contributed by atoms with Gasteiger partial charge in [-0.15, -0.1) is 0 Å². The highest BCUT2D eigenvalue weighted by atomic mass is 35.5. The van der Waals surface area contributed by atoms with Crippen LogP contribution in [0.15, 0.2) is 59.5 Å². The molecular weight excluding hydrogens is 448 g/mol. The molecule has 1 amide bonds. The second-order valence-electron chi connectivity index (χ2n) is 8.02. The van der Waals surface area contributed by atoms with Crippen molar-refractivity contribution in [3.63, 3.8) is 0 Å². The molecule has 32 heavy (non-hydrogen) atoms. The number of hydrogen-bond donors (Lipinski definition) is 1. The van der Waals surface area contributed by atoms with Crippen molar-refractivity contribution in [3.8, 4) is 0 Å². The fraction of sp³-hybridized carbons (Fsp3) is 0.435. The van der Waals surface area contributed by atoms with Gasteiger partial charge in [-0.25, -0.2) is 8.42 Å². The first-order valence-electron chi connectivity index (χ1n) is 10.8. The number of likely N-dealkylation sites (N-methyl/N-ethyl adjacent to an activating group) is 1. The lowest BCUT2D eigenvalue weighted by Gasteiger charge is -2.34. The van der Waals surface area contributed by atoms with Gasteiger partial charge in [-0.3, -0.25) is 9.69 Å². The highest BCUT2D eigenvalue weighted by Gasteiger charge is 2.23. The van der Waals surface area contributed by atoms with Gasteiger partial charge in [-0.05, 0) is 42.8 Å². The molecule has 1 saturated heterocycles. The molecule has 1 aliphatic rings. The Morgan fingerprint density at radius 2 is 1.62 bits per heavy atom. The van der Waals surface area contributed by atoms with Crippen molar-refractivity contribution >= 4 is 27.5 Å². The number of piperazine rings is 1. The summed E-state index contributed by atoms with van der Waals surface area (Å²) >= 11 is 5.81. The number of rotatable bonds is 10. The van der Waals surface area contributed by atoms with E-state index in [2.05, 4.69) is 39.4 Å². The van der Waals surface area contributed by atoms with E-state index in [-0.39, 0.29) is 17.3 Å². The van der Waals surface area contributed by atoms with Gasteiger partial charge in [0.05, 0.1) is 11.4 Å². The van der Waals surface area contributed by atoms with E-state index in [0.717, 1.165) is 50.0 Å². The van der Waals surface area contributed by atoms with Crippen molar-refractivity contribution in [2.45, 2.75) is 17.9 Å². The molecule has 7 nitrogen and oxygen atoms in total. The van der Waals surface area contributed by atoms with Crippen LogP contribution in [0.1, 0.15) is 12.0 Å². The minimum absolute atomic E-state index is 0.114. The number of halogens is 1. The van der Waals surface area contributed by atoms with E-state index in [1.807, 2.05) is 6.07 Å². The number of nitrogens with one attached hydrogen (secondary N) is 1. The van der Waals surface area contributed by atoms with E-state index >= 15 is 0 Å². The highest BCUT2D eigenvalue weighted by Crippen LogP contribution is 2.17. The molecule has 1 N–H and O–H groups in total. The highest BCUT2D eigenvalue weighted by molar-refractivity contribution is 7.89. The molecular formula is C23H31ClN4O3S. The number of amides is 1. The van der Waals surface area contributed by atoms with Gasteiger partial charge in [0, 0.05) is 51.3 Å². The quantitative estimate of drug-likeness (QED) is 0.530. The number of benzene rings is 2. The van der Waals surface area contributed by atoms with Gasteiger partial charge in [0.25, 0.3) is 0 Å². The Kier molecular flexibility index (Phi) is 9.07. The summed E-state index contributed by atoms with van der Waals surface area (Å²) in [4.78, 5) is 17.2. The fourth-order valence-electron chi connectivity index (χ4n) is 3.67. The Morgan fingerprint density at radius 3 is 2.28 bits per heavy atom. The third-order valence-corrected chi connectivity index (χ3v) is 7.64. The monoisotopic (exact) mass is 478 g/mol. The predicted octanol–water partition coefficient (Wildman–Crippen LogP) is 2.28. The molecule has 0 aromatic heterocycles. The zero-order valence-electron chi connectivity index (χ0n) is 18.4. The van der Waals surface area contributed by atoms with E-state index in [9.17, 15) is 13.2 Å². The molecule has 3 rings (SSSR count). The molecule has 2 aromatic rings. The summed E-state index contributed by atoms with van der Waals surface area (Å²) in [5.74, 6) is -0.308. The van der Waals surface area contributed by atoms with Gasteiger partial charge in [0.1, 0.15) is 0 Å². The van der Waals surface area contributed by atoms with Gasteiger partial charge < -0.3 is 10.2 Å². The molecule has 0 atom stereocenters. The van der Waals surface area contributed by atoms with E-state index in [1.165, 1.54) is 36.9 Å². The lowest BCUT2D eigenvalue weighted by Crippen LogP contribution is -2.46. The van der Waals surface area contributed by atoms with Crippen molar-refractivity contribution in [2.75, 3.05) is 52.9 Å². The topological polar surface area (TPSA) is 73.0 Å². The van der Waals surface area contributed by atoms with Crippen molar-refractivity contribution in [1.82, 2.24) is 19.4 Å². The summed E-state index contributed by atoms with van der Waals surface area (Å²) in [6.45, 7) is 6.31. The largest absolute Gasteiger partial charge is 0.355 e. The van der Waals surface area contributed by atoms with Crippen LogP contribution in [0.5, 0.6) is 0 Å². The van der Waals surface area contributed by atoms with Crippen molar-refractivity contribution in [1.29, 1.82) is 0 Å².